The minimum Gasteiger partial charge on any atom is -0.394 e. The van der Waals surface area contributed by atoms with Gasteiger partial charge in [0.05, 0.1) is 18.8 Å². The third-order valence-electron chi connectivity index (χ3n) is 13.0. The zero-order valence-corrected chi connectivity index (χ0v) is 39.7. The van der Waals surface area contributed by atoms with E-state index in [0.717, 1.165) is 32.1 Å². The molecule has 0 bridgehead atoms. The van der Waals surface area contributed by atoms with E-state index < -0.39 is 18.2 Å². The molecule has 0 heterocycles. The van der Waals surface area contributed by atoms with Crippen LogP contribution in [0.4, 0.5) is 0 Å². The number of hydrogen-bond donors (Lipinski definition) is 4. The molecule has 4 N–H and O–H groups in total. The van der Waals surface area contributed by atoms with Gasteiger partial charge >= 0.3 is 0 Å². The van der Waals surface area contributed by atoms with Crippen molar-refractivity contribution in [3.8, 4) is 0 Å². The Morgan fingerprint density at radius 1 is 0.362 bits per heavy atom. The van der Waals surface area contributed by atoms with Gasteiger partial charge in [0.1, 0.15) is 6.10 Å². The van der Waals surface area contributed by atoms with Crippen LogP contribution < -0.4 is 5.32 Å². The monoisotopic (exact) mass is 822 g/mol. The van der Waals surface area contributed by atoms with Gasteiger partial charge in [-0.05, 0) is 12.8 Å². The van der Waals surface area contributed by atoms with Gasteiger partial charge < -0.3 is 20.6 Å². The van der Waals surface area contributed by atoms with Gasteiger partial charge in [-0.1, -0.05) is 290 Å². The van der Waals surface area contributed by atoms with Crippen LogP contribution >= 0.6 is 0 Å². The van der Waals surface area contributed by atoms with E-state index in [1.807, 2.05) is 0 Å². The summed E-state index contributed by atoms with van der Waals surface area (Å²) in [5.41, 5.74) is 0. The predicted octanol–water partition coefficient (Wildman–Crippen LogP) is 16.2. The van der Waals surface area contributed by atoms with Gasteiger partial charge in [0.15, 0.2) is 0 Å². The zero-order valence-electron chi connectivity index (χ0n) is 39.7. The van der Waals surface area contributed by atoms with Crippen molar-refractivity contribution in [2.75, 3.05) is 6.61 Å². The average molecular weight is 822 g/mol. The van der Waals surface area contributed by atoms with Crippen LogP contribution in [0.15, 0.2) is 0 Å². The first kappa shape index (κ1) is 57.3. The van der Waals surface area contributed by atoms with Crippen molar-refractivity contribution in [2.24, 2.45) is 0 Å². The zero-order chi connectivity index (χ0) is 42.3. The molecule has 0 unspecified atom stereocenters. The van der Waals surface area contributed by atoms with Crippen LogP contribution in [0.1, 0.15) is 309 Å². The standard InChI is InChI=1S/C53H107NO4/c1-3-5-7-9-11-13-15-17-19-20-21-22-23-24-25-26-27-28-29-30-31-32-34-36-38-40-42-44-46-48-52(57)54-50(49-55)53(58)51(56)47-45-43-41-39-37-35-33-18-16-14-12-10-8-6-4-2/h50-51,53,55-56,58H,3-49H2,1-2H3,(H,54,57)/t50-,51+,53-/m0/s1. The lowest BCUT2D eigenvalue weighted by Crippen LogP contribution is -2.50. The van der Waals surface area contributed by atoms with Crippen molar-refractivity contribution in [1.82, 2.24) is 5.32 Å². The number of rotatable bonds is 50. The van der Waals surface area contributed by atoms with Crippen LogP contribution in [0.3, 0.4) is 0 Å². The fourth-order valence-corrected chi connectivity index (χ4v) is 8.81. The fraction of sp³-hybridized carbons (Fsp3) is 0.981. The molecule has 1 amide bonds. The molecule has 58 heavy (non-hydrogen) atoms. The lowest BCUT2D eigenvalue weighted by atomic mass is 9.99. The van der Waals surface area contributed by atoms with E-state index >= 15 is 0 Å². The van der Waals surface area contributed by atoms with Crippen molar-refractivity contribution in [1.29, 1.82) is 0 Å². The summed E-state index contributed by atoms with van der Waals surface area (Å²) in [5.74, 6) is -0.137. The number of carbonyl (C=O) groups is 1. The number of aliphatic hydroxyl groups excluding tert-OH is 3. The number of aliphatic hydroxyl groups is 3. The van der Waals surface area contributed by atoms with E-state index in [1.54, 1.807) is 0 Å². The van der Waals surface area contributed by atoms with Crippen molar-refractivity contribution < 1.29 is 20.1 Å². The van der Waals surface area contributed by atoms with Crippen LogP contribution in [0.2, 0.25) is 0 Å². The highest BCUT2D eigenvalue weighted by Crippen LogP contribution is 2.18. The highest BCUT2D eigenvalue weighted by molar-refractivity contribution is 5.76. The maximum absolute atomic E-state index is 12.5. The first-order chi connectivity index (χ1) is 28.6. The van der Waals surface area contributed by atoms with E-state index in [-0.39, 0.29) is 12.5 Å². The van der Waals surface area contributed by atoms with E-state index in [4.69, 9.17) is 0 Å². The SMILES string of the molecule is CCCCCCCCCCCCCCCCCCCCCCCCCCCCCCCC(=O)N[C@@H](CO)[C@H](O)[C@H](O)CCCCCCCCCCCCCCCCC. The normalized spacial score (nSPS) is 13.3. The summed E-state index contributed by atoms with van der Waals surface area (Å²) in [6, 6.07) is -0.803. The third-order valence-corrected chi connectivity index (χ3v) is 13.0. The van der Waals surface area contributed by atoms with Crippen LogP contribution in [-0.2, 0) is 4.79 Å². The molecule has 0 aliphatic rings. The molecule has 0 fully saturated rings. The number of nitrogens with one attached hydrogen (secondary N) is 1. The maximum atomic E-state index is 12.5. The molecule has 0 aromatic rings. The Bertz CT molecular complexity index is 777. The van der Waals surface area contributed by atoms with Crippen LogP contribution in [0.5, 0.6) is 0 Å². The molecule has 0 spiro atoms. The second-order valence-corrected chi connectivity index (χ2v) is 18.8. The molecule has 0 saturated carbocycles. The van der Waals surface area contributed by atoms with Crippen molar-refractivity contribution in [3.63, 3.8) is 0 Å². The smallest absolute Gasteiger partial charge is 0.220 e. The van der Waals surface area contributed by atoms with Crippen LogP contribution in [-0.4, -0.2) is 46.1 Å². The summed E-state index contributed by atoms with van der Waals surface area (Å²) in [4.78, 5) is 12.5. The second kappa shape index (κ2) is 49.0. The first-order valence-electron chi connectivity index (χ1n) is 26.8. The Hall–Kier alpha value is -0.650. The Morgan fingerprint density at radius 2 is 0.586 bits per heavy atom. The van der Waals surface area contributed by atoms with E-state index in [1.165, 1.54) is 250 Å². The highest BCUT2D eigenvalue weighted by Gasteiger charge is 2.26. The summed E-state index contributed by atoms with van der Waals surface area (Å²) in [7, 11) is 0. The minimum atomic E-state index is -1.13. The summed E-state index contributed by atoms with van der Waals surface area (Å²) in [6.45, 7) is 4.21. The Labute approximate surface area is 364 Å². The van der Waals surface area contributed by atoms with E-state index in [2.05, 4.69) is 19.2 Å². The molecule has 0 aromatic carbocycles. The van der Waals surface area contributed by atoms with Gasteiger partial charge in [0.2, 0.25) is 5.91 Å². The molecule has 0 radical (unpaired) electrons. The van der Waals surface area contributed by atoms with Gasteiger partial charge in [-0.2, -0.15) is 0 Å². The topological polar surface area (TPSA) is 89.8 Å². The summed E-state index contributed by atoms with van der Waals surface area (Å²) in [5, 5.41) is 33.7. The van der Waals surface area contributed by atoms with Gasteiger partial charge in [-0.3, -0.25) is 4.79 Å². The highest BCUT2D eigenvalue weighted by atomic mass is 16.3. The largest absolute Gasteiger partial charge is 0.394 e. The van der Waals surface area contributed by atoms with Gasteiger partial charge in [-0.15, -0.1) is 0 Å². The molecule has 0 aliphatic heterocycles. The van der Waals surface area contributed by atoms with Crippen LogP contribution in [0, 0.1) is 0 Å². The lowest BCUT2D eigenvalue weighted by molar-refractivity contribution is -0.124. The molecule has 348 valence electrons. The molecular formula is C53H107NO4. The maximum Gasteiger partial charge on any atom is 0.220 e. The Kier molecular flexibility index (Phi) is 48.5. The van der Waals surface area contributed by atoms with Gasteiger partial charge in [0, 0.05) is 6.42 Å². The third kappa shape index (κ3) is 43.4. The predicted molar refractivity (Wildman–Crippen MR) is 255 cm³/mol. The average Bonchev–Trinajstić information content (AvgIpc) is 3.23. The van der Waals surface area contributed by atoms with Gasteiger partial charge in [-0.25, -0.2) is 0 Å². The number of carbonyl (C=O) groups excluding carboxylic acids is 1. The quantitative estimate of drug-likeness (QED) is 0.0460. The lowest BCUT2D eigenvalue weighted by Gasteiger charge is -2.26. The number of unbranched alkanes of at least 4 members (excludes halogenated alkanes) is 42. The number of amides is 1. The van der Waals surface area contributed by atoms with Crippen molar-refractivity contribution >= 4 is 5.91 Å². The molecule has 0 saturated heterocycles. The first-order valence-corrected chi connectivity index (χ1v) is 26.8. The van der Waals surface area contributed by atoms with Crippen molar-refractivity contribution in [2.45, 2.75) is 327 Å². The molecule has 0 aromatic heterocycles. The summed E-state index contributed by atoms with van der Waals surface area (Å²) < 4.78 is 0. The van der Waals surface area contributed by atoms with Crippen molar-refractivity contribution in [3.05, 3.63) is 0 Å². The molecule has 0 aliphatic carbocycles. The molecule has 5 nitrogen and oxygen atoms in total. The molecular weight excluding hydrogens is 715 g/mol. The molecule has 5 heteroatoms. The van der Waals surface area contributed by atoms with Gasteiger partial charge in [0.25, 0.3) is 0 Å². The minimum absolute atomic E-state index is 0.137. The van der Waals surface area contributed by atoms with Crippen LogP contribution in [0.25, 0.3) is 0 Å². The Morgan fingerprint density at radius 3 is 0.828 bits per heavy atom. The molecule has 0 rings (SSSR count). The fourth-order valence-electron chi connectivity index (χ4n) is 8.81. The number of hydrogen-bond acceptors (Lipinski definition) is 4. The second-order valence-electron chi connectivity index (χ2n) is 18.8. The Balaban J connectivity index is 3.46. The van der Waals surface area contributed by atoms with E-state index in [0.29, 0.717) is 12.8 Å². The summed E-state index contributed by atoms with van der Waals surface area (Å²) in [6.07, 6.45) is 58.2. The summed E-state index contributed by atoms with van der Waals surface area (Å²) >= 11 is 0. The van der Waals surface area contributed by atoms with E-state index in [9.17, 15) is 20.1 Å². The molecule has 3 atom stereocenters.